The third-order valence-corrected chi connectivity index (χ3v) is 7.04. The summed E-state index contributed by atoms with van der Waals surface area (Å²) in [5.74, 6) is -1.63. The number of fused-ring (bicyclic) bond motifs is 1. The molecule has 0 saturated heterocycles. The second-order valence-corrected chi connectivity index (χ2v) is 9.75. The number of ether oxygens (including phenoxy) is 2. The molecule has 0 aliphatic heterocycles. The van der Waals surface area contributed by atoms with Crippen LogP contribution in [-0.2, 0) is 16.5 Å². The molecule has 4 rings (SSSR count). The number of aromatic nitrogens is 3. The van der Waals surface area contributed by atoms with Crippen molar-refractivity contribution in [2.75, 3.05) is 11.9 Å². The van der Waals surface area contributed by atoms with Gasteiger partial charge in [-0.2, -0.15) is 5.10 Å². The molecule has 0 fully saturated rings. The average Bonchev–Trinajstić information content (AvgIpc) is 3.36. The standard InChI is InChI=1S/C27H28N4O5S/c1-7-35-27(34)23-15(4)22(26(33)36-14(2)3)25(37-23)30-24(32)18-12-21(19-13-28-31(6)16(19)5)29-20-11-9-8-10-17(18)20/h8-14H,7H2,1-6H3,(H,30,32). The Balaban J connectivity index is 1.81. The molecule has 0 aliphatic carbocycles. The van der Waals surface area contributed by atoms with Crippen molar-refractivity contribution in [1.82, 2.24) is 14.8 Å². The van der Waals surface area contributed by atoms with E-state index in [9.17, 15) is 14.4 Å². The highest BCUT2D eigenvalue weighted by Gasteiger charge is 2.28. The van der Waals surface area contributed by atoms with E-state index in [1.54, 1.807) is 44.6 Å². The second-order valence-electron chi connectivity index (χ2n) is 8.73. The molecule has 0 unspecified atom stereocenters. The second kappa shape index (κ2) is 10.5. The molecule has 9 nitrogen and oxygen atoms in total. The molecular weight excluding hydrogens is 492 g/mol. The number of amides is 1. The van der Waals surface area contributed by atoms with Crippen molar-refractivity contribution in [2.45, 2.75) is 40.7 Å². The maximum atomic E-state index is 13.7. The fourth-order valence-corrected chi connectivity index (χ4v) is 5.02. The molecule has 192 valence electrons. The SMILES string of the molecule is CCOC(=O)c1sc(NC(=O)c2cc(-c3cnn(C)c3C)nc3ccccc23)c(C(=O)OC(C)C)c1C. The molecule has 0 aliphatic rings. The maximum absolute atomic E-state index is 13.7. The van der Waals surface area contributed by atoms with Crippen LogP contribution in [0.5, 0.6) is 0 Å². The van der Waals surface area contributed by atoms with Gasteiger partial charge in [-0.15, -0.1) is 11.3 Å². The van der Waals surface area contributed by atoms with E-state index < -0.39 is 17.8 Å². The molecule has 0 saturated carbocycles. The van der Waals surface area contributed by atoms with Crippen LogP contribution in [0.15, 0.2) is 36.5 Å². The van der Waals surface area contributed by atoms with Gasteiger partial charge in [-0.25, -0.2) is 14.6 Å². The van der Waals surface area contributed by atoms with Crippen molar-refractivity contribution in [3.05, 3.63) is 63.8 Å². The highest BCUT2D eigenvalue weighted by Crippen LogP contribution is 2.35. The quantitative estimate of drug-likeness (QED) is 0.329. The largest absolute Gasteiger partial charge is 0.462 e. The Kier molecular flexibility index (Phi) is 7.40. The van der Waals surface area contributed by atoms with Gasteiger partial charge in [0.25, 0.3) is 5.91 Å². The van der Waals surface area contributed by atoms with Crippen LogP contribution in [0.25, 0.3) is 22.2 Å². The number of rotatable bonds is 7. The zero-order chi connectivity index (χ0) is 26.9. The number of aryl methyl sites for hydroxylation is 1. The number of hydrogen-bond acceptors (Lipinski definition) is 8. The van der Waals surface area contributed by atoms with Gasteiger partial charge in [-0.05, 0) is 52.3 Å². The first-order valence-electron chi connectivity index (χ1n) is 11.8. The Morgan fingerprint density at radius 1 is 1.14 bits per heavy atom. The number of anilines is 1. The van der Waals surface area contributed by atoms with Gasteiger partial charge < -0.3 is 14.8 Å². The summed E-state index contributed by atoms with van der Waals surface area (Å²) in [6.45, 7) is 8.92. The third-order valence-electron chi connectivity index (χ3n) is 5.85. The molecule has 37 heavy (non-hydrogen) atoms. The zero-order valence-corrected chi connectivity index (χ0v) is 22.4. The van der Waals surface area contributed by atoms with E-state index in [1.165, 1.54) is 0 Å². The first-order chi connectivity index (χ1) is 17.6. The number of pyridine rings is 1. The lowest BCUT2D eigenvalue weighted by atomic mass is 10.0. The Labute approximate surface area is 218 Å². The Hall–Kier alpha value is -4.05. The Morgan fingerprint density at radius 2 is 1.86 bits per heavy atom. The normalized spacial score (nSPS) is 11.1. The average molecular weight is 521 g/mol. The summed E-state index contributed by atoms with van der Waals surface area (Å²) in [6, 6.07) is 9.04. The fourth-order valence-electron chi connectivity index (χ4n) is 3.93. The predicted molar refractivity (Wildman–Crippen MR) is 142 cm³/mol. The lowest BCUT2D eigenvalue weighted by molar-refractivity contribution is 0.0379. The van der Waals surface area contributed by atoms with Gasteiger partial charge >= 0.3 is 11.9 Å². The number of nitrogens with zero attached hydrogens (tertiary/aromatic N) is 3. The number of thiophene rings is 1. The number of benzene rings is 1. The van der Waals surface area contributed by atoms with Crippen LogP contribution in [0.1, 0.15) is 62.4 Å². The van der Waals surface area contributed by atoms with E-state index in [4.69, 9.17) is 14.5 Å². The molecule has 4 aromatic rings. The van der Waals surface area contributed by atoms with E-state index in [0.29, 0.717) is 27.7 Å². The van der Waals surface area contributed by atoms with Crippen molar-refractivity contribution in [3.8, 4) is 11.3 Å². The fraction of sp³-hybridized carbons (Fsp3) is 0.296. The zero-order valence-electron chi connectivity index (χ0n) is 21.5. The van der Waals surface area contributed by atoms with Crippen LogP contribution in [0, 0.1) is 13.8 Å². The van der Waals surface area contributed by atoms with Gasteiger partial charge in [0, 0.05) is 23.7 Å². The monoisotopic (exact) mass is 520 g/mol. The lowest BCUT2D eigenvalue weighted by Gasteiger charge is -2.12. The predicted octanol–water partition coefficient (Wildman–Crippen LogP) is 5.31. The summed E-state index contributed by atoms with van der Waals surface area (Å²) >= 11 is 0.988. The lowest BCUT2D eigenvalue weighted by Crippen LogP contribution is -2.17. The van der Waals surface area contributed by atoms with E-state index >= 15 is 0 Å². The van der Waals surface area contributed by atoms with E-state index in [-0.39, 0.29) is 28.2 Å². The van der Waals surface area contributed by atoms with Crippen LogP contribution >= 0.6 is 11.3 Å². The Morgan fingerprint density at radius 3 is 2.51 bits per heavy atom. The van der Waals surface area contributed by atoms with Crippen LogP contribution < -0.4 is 5.32 Å². The number of nitrogens with one attached hydrogen (secondary N) is 1. The molecule has 0 spiro atoms. The third kappa shape index (κ3) is 5.10. The van der Waals surface area contributed by atoms with E-state index in [1.807, 2.05) is 38.2 Å². The van der Waals surface area contributed by atoms with Crippen molar-refractivity contribution in [2.24, 2.45) is 7.05 Å². The summed E-state index contributed by atoms with van der Waals surface area (Å²) in [5, 5.41) is 8.02. The molecule has 3 heterocycles. The summed E-state index contributed by atoms with van der Waals surface area (Å²) < 4.78 is 12.3. The van der Waals surface area contributed by atoms with Gasteiger partial charge in [0.15, 0.2) is 0 Å². The number of carbonyl (C=O) groups excluding carboxylic acids is 3. The molecular formula is C27H28N4O5S. The molecule has 1 amide bonds. The number of para-hydroxylation sites is 1. The first kappa shape index (κ1) is 26.0. The van der Waals surface area contributed by atoms with Gasteiger partial charge in [0.1, 0.15) is 9.88 Å². The van der Waals surface area contributed by atoms with Gasteiger partial charge in [-0.3, -0.25) is 9.48 Å². The summed E-state index contributed by atoms with van der Waals surface area (Å²) in [6.07, 6.45) is 1.33. The maximum Gasteiger partial charge on any atom is 0.348 e. The molecule has 0 atom stereocenters. The summed E-state index contributed by atoms with van der Waals surface area (Å²) in [4.78, 5) is 44.2. The highest BCUT2D eigenvalue weighted by atomic mass is 32.1. The van der Waals surface area contributed by atoms with Crippen LogP contribution in [0.2, 0.25) is 0 Å². The topological polar surface area (TPSA) is 112 Å². The van der Waals surface area contributed by atoms with Gasteiger partial charge in [0.05, 0.1) is 41.2 Å². The molecule has 3 aromatic heterocycles. The summed E-state index contributed by atoms with van der Waals surface area (Å²) in [7, 11) is 1.84. The molecule has 1 aromatic carbocycles. The van der Waals surface area contributed by atoms with Gasteiger partial charge in [0.2, 0.25) is 0 Å². The Bertz CT molecular complexity index is 1520. The number of hydrogen-bond donors (Lipinski definition) is 1. The van der Waals surface area contributed by atoms with Crippen LogP contribution in [0.4, 0.5) is 5.00 Å². The summed E-state index contributed by atoms with van der Waals surface area (Å²) in [5.41, 5.74) is 3.86. The van der Waals surface area contributed by atoms with Crippen LogP contribution in [0.3, 0.4) is 0 Å². The molecule has 0 radical (unpaired) electrons. The van der Waals surface area contributed by atoms with Crippen molar-refractivity contribution in [1.29, 1.82) is 0 Å². The number of carbonyl (C=O) groups is 3. The number of esters is 2. The van der Waals surface area contributed by atoms with Crippen molar-refractivity contribution < 1.29 is 23.9 Å². The molecule has 1 N–H and O–H groups in total. The minimum Gasteiger partial charge on any atom is -0.462 e. The van der Waals surface area contributed by atoms with Crippen molar-refractivity contribution in [3.63, 3.8) is 0 Å². The van der Waals surface area contributed by atoms with Crippen LogP contribution in [-0.4, -0.2) is 45.3 Å². The van der Waals surface area contributed by atoms with Crippen molar-refractivity contribution >= 4 is 45.1 Å². The van der Waals surface area contributed by atoms with Gasteiger partial charge in [-0.1, -0.05) is 18.2 Å². The smallest absolute Gasteiger partial charge is 0.348 e. The molecule has 10 heteroatoms. The molecule has 0 bridgehead atoms. The van der Waals surface area contributed by atoms with E-state index in [0.717, 1.165) is 22.6 Å². The minimum atomic E-state index is -0.624. The van der Waals surface area contributed by atoms with E-state index in [2.05, 4.69) is 10.4 Å². The first-order valence-corrected chi connectivity index (χ1v) is 12.7. The highest BCUT2D eigenvalue weighted by molar-refractivity contribution is 7.18. The minimum absolute atomic E-state index is 0.136.